The summed E-state index contributed by atoms with van der Waals surface area (Å²) in [6.07, 6.45) is 0. The molecule has 0 bridgehead atoms. The smallest absolute Gasteiger partial charge is 0.123 e. The molecule has 0 aromatic heterocycles. The summed E-state index contributed by atoms with van der Waals surface area (Å²) in [7, 11) is 0. The maximum Gasteiger partial charge on any atom is 0.123 e. The Bertz CT molecular complexity index is 2060. The fourth-order valence-corrected chi connectivity index (χ4v) is 6.30. The normalized spacial score (nSPS) is 11.9. The van der Waals surface area contributed by atoms with Crippen molar-refractivity contribution in [1.82, 2.24) is 0 Å². The van der Waals surface area contributed by atoms with Crippen molar-refractivity contribution in [3.8, 4) is 22.3 Å². The first-order valence-corrected chi connectivity index (χ1v) is 12.6. The van der Waals surface area contributed by atoms with Crippen molar-refractivity contribution in [2.75, 3.05) is 0 Å². The van der Waals surface area contributed by atoms with Crippen LogP contribution in [0.2, 0.25) is 0 Å². The highest BCUT2D eigenvalue weighted by Crippen LogP contribution is 2.47. The average Bonchev–Trinajstić information content (AvgIpc) is 2.95. The van der Waals surface area contributed by atoms with Crippen LogP contribution in [0.25, 0.3) is 76.1 Å². The van der Waals surface area contributed by atoms with E-state index in [4.69, 9.17) is 0 Å². The van der Waals surface area contributed by atoms with Crippen molar-refractivity contribution in [3.05, 3.63) is 133 Å². The fraction of sp³-hybridized carbons (Fsp3) is 0. The summed E-state index contributed by atoms with van der Waals surface area (Å²) < 4.78 is 13.8. The lowest BCUT2D eigenvalue weighted by Gasteiger charge is -2.20. The van der Waals surface area contributed by atoms with Gasteiger partial charge < -0.3 is 0 Å². The van der Waals surface area contributed by atoms with Crippen LogP contribution in [0.1, 0.15) is 0 Å². The van der Waals surface area contributed by atoms with Gasteiger partial charge in [-0.3, -0.25) is 0 Å². The van der Waals surface area contributed by atoms with E-state index in [2.05, 4.69) is 103 Å². The predicted octanol–water partition coefficient (Wildman–Crippen LogP) is 10.4. The van der Waals surface area contributed by atoms with Gasteiger partial charge in [-0.2, -0.15) is 0 Å². The largest absolute Gasteiger partial charge is 0.207 e. The number of benzene rings is 8. The zero-order chi connectivity index (χ0) is 24.5. The molecule has 0 saturated carbocycles. The van der Waals surface area contributed by atoms with Crippen LogP contribution in [0.5, 0.6) is 0 Å². The molecule has 0 spiro atoms. The molecule has 0 unspecified atom stereocenters. The highest BCUT2D eigenvalue weighted by molar-refractivity contribution is 6.29. The van der Waals surface area contributed by atoms with E-state index in [1.165, 1.54) is 65.0 Å². The standard InChI is InChI=1S/C36H21F/c37-26-18-14-24(15-19-26)34-27-8-1-3-10-29(27)36(30-11-4-2-9-28(30)34)32-21-17-25-13-12-22-6-5-7-23-16-20-31(32)35(25)33(22)23/h1-21H. The topological polar surface area (TPSA) is 0 Å². The molecule has 172 valence electrons. The van der Waals surface area contributed by atoms with Gasteiger partial charge in [0.1, 0.15) is 5.82 Å². The lowest BCUT2D eigenvalue weighted by molar-refractivity contribution is 0.628. The summed E-state index contributed by atoms with van der Waals surface area (Å²) >= 11 is 0. The van der Waals surface area contributed by atoms with E-state index >= 15 is 0 Å². The zero-order valence-corrected chi connectivity index (χ0v) is 20.0. The van der Waals surface area contributed by atoms with Crippen LogP contribution < -0.4 is 0 Å². The highest BCUT2D eigenvalue weighted by atomic mass is 19.1. The Morgan fingerprint density at radius 2 is 0.865 bits per heavy atom. The van der Waals surface area contributed by atoms with E-state index in [1.807, 2.05) is 12.1 Å². The van der Waals surface area contributed by atoms with Gasteiger partial charge in [-0.1, -0.05) is 115 Å². The number of fused-ring (bicyclic) bond motifs is 2. The molecular weight excluding hydrogens is 451 g/mol. The van der Waals surface area contributed by atoms with Crippen molar-refractivity contribution in [2.45, 2.75) is 0 Å². The summed E-state index contributed by atoms with van der Waals surface area (Å²) in [4.78, 5) is 0. The molecule has 0 aliphatic rings. The van der Waals surface area contributed by atoms with Gasteiger partial charge in [0, 0.05) is 0 Å². The van der Waals surface area contributed by atoms with Crippen LogP contribution in [0.4, 0.5) is 4.39 Å². The number of halogens is 1. The minimum atomic E-state index is -0.220. The number of rotatable bonds is 2. The maximum absolute atomic E-state index is 13.8. The molecule has 0 nitrogen and oxygen atoms in total. The third-order valence-electron chi connectivity index (χ3n) is 7.86. The molecule has 8 rings (SSSR count). The Balaban J connectivity index is 1.57. The minimum absolute atomic E-state index is 0.220. The van der Waals surface area contributed by atoms with E-state index in [-0.39, 0.29) is 5.82 Å². The van der Waals surface area contributed by atoms with E-state index in [0.29, 0.717) is 0 Å². The van der Waals surface area contributed by atoms with Crippen LogP contribution in [0.3, 0.4) is 0 Å². The molecule has 0 aliphatic carbocycles. The van der Waals surface area contributed by atoms with Gasteiger partial charge in [0.25, 0.3) is 0 Å². The first-order valence-electron chi connectivity index (χ1n) is 12.6. The van der Waals surface area contributed by atoms with Gasteiger partial charge in [0.2, 0.25) is 0 Å². The number of hydrogen-bond donors (Lipinski definition) is 0. The average molecular weight is 473 g/mol. The van der Waals surface area contributed by atoms with E-state index in [9.17, 15) is 4.39 Å². The zero-order valence-electron chi connectivity index (χ0n) is 20.0. The van der Waals surface area contributed by atoms with Crippen LogP contribution in [-0.4, -0.2) is 0 Å². The van der Waals surface area contributed by atoms with Crippen molar-refractivity contribution in [1.29, 1.82) is 0 Å². The summed E-state index contributed by atoms with van der Waals surface area (Å²) in [6, 6.07) is 44.2. The van der Waals surface area contributed by atoms with Gasteiger partial charge in [-0.15, -0.1) is 0 Å². The second-order valence-electron chi connectivity index (χ2n) is 9.82. The molecule has 0 amide bonds. The van der Waals surface area contributed by atoms with Gasteiger partial charge in [0.15, 0.2) is 0 Å². The maximum atomic E-state index is 13.8. The molecule has 0 heterocycles. The minimum Gasteiger partial charge on any atom is -0.207 e. The quantitative estimate of drug-likeness (QED) is 0.173. The SMILES string of the molecule is Fc1ccc(-c2c3ccccc3c(-c3ccc4ccc5cccc6ccc3c4c56)c3ccccc23)cc1. The number of hydrogen-bond acceptors (Lipinski definition) is 0. The Labute approximate surface area is 213 Å². The van der Waals surface area contributed by atoms with Crippen LogP contribution in [-0.2, 0) is 0 Å². The fourth-order valence-electron chi connectivity index (χ4n) is 6.30. The van der Waals surface area contributed by atoms with Gasteiger partial charge in [-0.25, -0.2) is 4.39 Å². The Hall–Kier alpha value is -4.75. The molecule has 0 atom stereocenters. The third-order valence-corrected chi connectivity index (χ3v) is 7.86. The molecule has 0 aliphatic heterocycles. The Kier molecular flexibility index (Phi) is 4.21. The first kappa shape index (κ1) is 20.4. The van der Waals surface area contributed by atoms with Gasteiger partial charge in [0.05, 0.1) is 0 Å². The second-order valence-corrected chi connectivity index (χ2v) is 9.82. The molecule has 0 fully saturated rings. The van der Waals surface area contributed by atoms with Crippen molar-refractivity contribution in [2.24, 2.45) is 0 Å². The molecule has 1 heteroatoms. The Morgan fingerprint density at radius 1 is 0.351 bits per heavy atom. The highest BCUT2D eigenvalue weighted by Gasteiger charge is 2.19. The second kappa shape index (κ2) is 7.62. The lowest BCUT2D eigenvalue weighted by Crippen LogP contribution is -1.92. The summed E-state index contributed by atoms with van der Waals surface area (Å²) in [5.74, 6) is -0.220. The van der Waals surface area contributed by atoms with Crippen LogP contribution in [0.15, 0.2) is 127 Å². The van der Waals surface area contributed by atoms with E-state index < -0.39 is 0 Å². The molecular formula is C36H21F. The van der Waals surface area contributed by atoms with Crippen LogP contribution >= 0.6 is 0 Å². The molecule has 8 aromatic rings. The third kappa shape index (κ3) is 2.89. The predicted molar refractivity (Wildman–Crippen MR) is 156 cm³/mol. The summed E-state index contributed by atoms with van der Waals surface area (Å²) in [6.45, 7) is 0. The first-order chi connectivity index (χ1) is 18.3. The Morgan fingerprint density at radius 3 is 1.49 bits per heavy atom. The molecule has 0 radical (unpaired) electrons. The summed E-state index contributed by atoms with van der Waals surface area (Å²) in [5, 5.41) is 12.5. The van der Waals surface area contributed by atoms with E-state index in [1.54, 1.807) is 12.1 Å². The van der Waals surface area contributed by atoms with Crippen LogP contribution in [0, 0.1) is 5.82 Å². The molecule has 37 heavy (non-hydrogen) atoms. The van der Waals surface area contributed by atoms with Gasteiger partial charge >= 0.3 is 0 Å². The molecule has 0 saturated heterocycles. The lowest BCUT2D eigenvalue weighted by atomic mass is 9.83. The monoisotopic (exact) mass is 472 g/mol. The van der Waals surface area contributed by atoms with Crippen molar-refractivity contribution < 1.29 is 4.39 Å². The van der Waals surface area contributed by atoms with Gasteiger partial charge in [-0.05, 0) is 88.2 Å². The van der Waals surface area contributed by atoms with Crippen molar-refractivity contribution in [3.63, 3.8) is 0 Å². The molecule has 8 aromatic carbocycles. The molecule has 0 N–H and O–H groups in total. The van der Waals surface area contributed by atoms with E-state index in [0.717, 1.165) is 11.1 Å². The van der Waals surface area contributed by atoms with Crippen molar-refractivity contribution >= 4 is 53.9 Å². The summed E-state index contributed by atoms with van der Waals surface area (Å²) in [5.41, 5.74) is 4.65.